The Kier molecular flexibility index (Phi) is 2.76. The van der Waals surface area contributed by atoms with E-state index in [1.807, 2.05) is 36.0 Å². The van der Waals surface area contributed by atoms with E-state index in [2.05, 4.69) is 15.9 Å². The second kappa shape index (κ2) is 3.94. The predicted octanol–water partition coefficient (Wildman–Crippen LogP) is 3.13. The number of aryl methyl sites for hydroxylation is 1. The average molecular weight is 282 g/mol. The Bertz CT molecular complexity index is 559. The fraction of sp³-hybridized carbons (Fsp3) is 0.250. The van der Waals surface area contributed by atoms with Crippen molar-refractivity contribution in [2.75, 3.05) is 0 Å². The molecular weight excluding hydrogens is 270 g/mol. The molecule has 0 aliphatic rings. The molecule has 1 unspecified atom stereocenters. The van der Waals surface area contributed by atoms with Gasteiger partial charge in [-0.1, -0.05) is 15.9 Å². The van der Waals surface area contributed by atoms with E-state index in [0.717, 1.165) is 20.9 Å². The van der Waals surface area contributed by atoms with E-state index < -0.39 is 11.9 Å². The van der Waals surface area contributed by atoms with Crippen LogP contribution in [0.2, 0.25) is 0 Å². The highest BCUT2D eigenvalue weighted by Crippen LogP contribution is 2.29. The zero-order chi connectivity index (χ0) is 11.9. The Hall–Kier alpha value is -1.29. The SMILES string of the molecule is CC(C(=O)O)c1cn(C)c2ccc(Br)cc12. The van der Waals surface area contributed by atoms with Gasteiger partial charge in [-0.3, -0.25) is 4.79 Å². The highest BCUT2D eigenvalue weighted by molar-refractivity contribution is 9.10. The van der Waals surface area contributed by atoms with Gasteiger partial charge in [-0.05, 0) is 30.7 Å². The summed E-state index contributed by atoms with van der Waals surface area (Å²) in [5.74, 6) is -1.29. The van der Waals surface area contributed by atoms with E-state index in [1.165, 1.54) is 0 Å². The standard InChI is InChI=1S/C12H12BrNO2/c1-7(12(15)16)10-6-14(2)11-4-3-8(13)5-9(10)11/h3-7H,1-2H3,(H,15,16). The van der Waals surface area contributed by atoms with Crippen LogP contribution in [0, 0.1) is 0 Å². The normalized spacial score (nSPS) is 12.9. The molecule has 3 nitrogen and oxygen atoms in total. The van der Waals surface area contributed by atoms with E-state index in [9.17, 15) is 4.79 Å². The van der Waals surface area contributed by atoms with Crippen molar-refractivity contribution in [2.24, 2.45) is 7.05 Å². The van der Waals surface area contributed by atoms with Crippen LogP contribution in [0.4, 0.5) is 0 Å². The van der Waals surface area contributed by atoms with Gasteiger partial charge in [-0.25, -0.2) is 0 Å². The maximum absolute atomic E-state index is 11.0. The molecule has 0 bridgehead atoms. The third kappa shape index (κ3) is 1.73. The van der Waals surface area contributed by atoms with Crippen molar-refractivity contribution in [3.05, 3.63) is 34.4 Å². The van der Waals surface area contributed by atoms with Crippen LogP contribution in [0.3, 0.4) is 0 Å². The van der Waals surface area contributed by atoms with Crippen molar-refractivity contribution in [1.29, 1.82) is 0 Å². The van der Waals surface area contributed by atoms with Gasteiger partial charge in [0.25, 0.3) is 0 Å². The maximum atomic E-state index is 11.0. The third-order valence-corrected chi connectivity index (χ3v) is 3.31. The van der Waals surface area contributed by atoms with E-state index in [1.54, 1.807) is 6.92 Å². The minimum absolute atomic E-state index is 0.488. The van der Waals surface area contributed by atoms with Crippen molar-refractivity contribution in [1.82, 2.24) is 4.57 Å². The number of nitrogens with zero attached hydrogens (tertiary/aromatic N) is 1. The molecule has 1 aromatic carbocycles. The molecule has 0 fully saturated rings. The lowest BCUT2D eigenvalue weighted by atomic mass is 10.0. The molecule has 16 heavy (non-hydrogen) atoms. The fourth-order valence-corrected chi connectivity index (χ4v) is 2.23. The van der Waals surface area contributed by atoms with Crippen LogP contribution in [0.1, 0.15) is 18.4 Å². The van der Waals surface area contributed by atoms with Crippen molar-refractivity contribution >= 4 is 32.8 Å². The summed E-state index contributed by atoms with van der Waals surface area (Å²) >= 11 is 3.41. The van der Waals surface area contributed by atoms with E-state index in [-0.39, 0.29) is 0 Å². The highest BCUT2D eigenvalue weighted by Gasteiger charge is 2.18. The Morgan fingerprint density at radius 2 is 2.19 bits per heavy atom. The first-order valence-corrected chi connectivity index (χ1v) is 5.77. The Labute approximate surface area is 102 Å². The lowest BCUT2D eigenvalue weighted by Gasteiger charge is -2.04. The first-order chi connectivity index (χ1) is 7.50. The van der Waals surface area contributed by atoms with Crippen LogP contribution in [-0.2, 0) is 11.8 Å². The summed E-state index contributed by atoms with van der Waals surface area (Å²) in [6.45, 7) is 1.71. The molecule has 2 rings (SSSR count). The molecule has 1 heterocycles. The van der Waals surface area contributed by atoms with Gasteiger partial charge in [-0.15, -0.1) is 0 Å². The van der Waals surface area contributed by atoms with Gasteiger partial charge in [0.2, 0.25) is 0 Å². The zero-order valence-corrected chi connectivity index (χ0v) is 10.7. The second-order valence-electron chi connectivity index (χ2n) is 3.92. The molecule has 1 N–H and O–H groups in total. The van der Waals surface area contributed by atoms with Gasteiger partial charge in [-0.2, -0.15) is 0 Å². The molecule has 0 aliphatic heterocycles. The summed E-state index contributed by atoms with van der Waals surface area (Å²) in [6.07, 6.45) is 1.88. The first kappa shape index (κ1) is 11.2. The summed E-state index contributed by atoms with van der Waals surface area (Å²) in [7, 11) is 1.92. The summed E-state index contributed by atoms with van der Waals surface area (Å²) in [5.41, 5.74) is 1.90. The molecule has 0 aliphatic carbocycles. The number of benzene rings is 1. The Balaban J connectivity index is 2.70. The van der Waals surface area contributed by atoms with E-state index in [4.69, 9.17) is 5.11 Å². The minimum Gasteiger partial charge on any atom is -0.481 e. The summed E-state index contributed by atoms with van der Waals surface area (Å²) in [4.78, 5) is 11.0. The first-order valence-electron chi connectivity index (χ1n) is 4.98. The molecule has 0 spiro atoms. The number of hydrogen-bond acceptors (Lipinski definition) is 1. The molecule has 0 saturated carbocycles. The number of carboxylic acids is 1. The van der Waals surface area contributed by atoms with Gasteiger partial charge in [0.05, 0.1) is 5.92 Å². The van der Waals surface area contributed by atoms with Gasteiger partial charge < -0.3 is 9.67 Å². The highest BCUT2D eigenvalue weighted by atomic mass is 79.9. The van der Waals surface area contributed by atoms with Crippen molar-refractivity contribution in [3.8, 4) is 0 Å². The maximum Gasteiger partial charge on any atom is 0.310 e. The molecule has 1 aromatic heterocycles. The van der Waals surface area contributed by atoms with Crippen LogP contribution >= 0.6 is 15.9 Å². The molecule has 84 valence electrons. The van der Waals surface area contributed by atoms with Gasteiger partial charge >= 0.3 is 5.97 Å². The van der Waals surface area contributed by atoms with E-state index >= 15 is 0 Å². The molecule has 2 aromatic rings. The number of rotatable bonds is 2. The lowest BCUT2D eigenvalue weighted by molar-refractivity contribution is -0.138. The number of carbonyl (C=O) groups is 1. The fourth-order valence-electron chi connectivity index (χ4n) is 1.87. The Morgan fingerprint density at radius 3 is 2.81 bits per heavy atom. The van der Waals surface area contributed by atoms with Crippen LogP contribution in [0.15, 0.2) is 28.9 Å². The second-order valence-corrected chi connectivity index (χ2v) is 4.83. The predicted molar refractivity (Wildman–Crippen MR) is 66.7 cm³/mol. The van der Waals surface area contributed by atoms with Gasteiger partial charge in [0.1, 0.15) is 0 Å². The monoisotopic (exact) mass is 281 g/mol. The number of hydrogen-bond donors (Lipinski definition) is 1. The van der Waals surface area contributed by atoms with Crippen LogP contribution in [0.25, 0.3) is 10.9 Å². The van der Waals surface area contributed by atoms with Gasteiger partial charge in [0, 0.05) is 28.6 Å². The molecular formula is C12H12BrNO2. The molecule has 4 heteroatoms. The number of carboxylic acid groups (broad SMARTS) is 1. The molecule has 0 radical (unpaired) electrons. The topological polar surface area (TPSA) is 42.2 Å². The lowest BCUT2D eigenvalue weighted by Crippen LogP contribution is -2.06. The zero-order valence-electron chi connectivity index (χ0n) is 9.07. The molecule has 0 saturated heterocycles. The van der Waals surface area contributed by atoms with Crippen LogP contribution in [0.5, 0.6) is 0 Å². The van der Waals surface area contributed by atoms with E-state index in [0.29, 0.717) is 0 Å². The summed E-state index contributed by atoms with van der Waals surface area (Å²) in [5, 5.41) is 10.0. The van der Waals surface area contributed by atoms with Crippen molar-refractivity contribution in [3.63, 3.8) is 0 Å². The van der Waals surface area contributed by atoms with Crippen molar-refractivity contribution < 1.29 is 9.90 Å². The quantitative estimate of drug-likeness (QED) is 0.919. The largest absolute Gasteiger partial charge is 0.481 e. The average Bonchev–Trinajstić information content (AvgIpc) is 2.54. The van der Waals surface area contributed by atoms with Crippen molar-refractivity contribution in [2.45, 2.75) is 12.8 Å². The number of aromatic nitrogens is 1. The Morgan fingerprint density at radius 1 is 1.50 bits per heavy atom. The summed E-state index contributed by atoms with van der Waals surface area (Å²) in [6, 6.07) is 5.90. The summed E-state index contributed by atoms with van der Waals surface area (Å²) < 4.78 is 2.92. The molecule has 1 atom stereocenters. The number of halogens is 1. The molecule has 0 amide bonds. The van der Waals surface area contributed by atoms with Crippen LogP contribution < -0.4 is 0 Å². The number of fused-ring (bicyclic) bond motifs is 1. The van der Waals surface area contributed by atoms with Crippen LogP contribution in [-0.4, -0.2) is 15.6 Å². The van der Waals surface area contributed by atoms with Gasteiger partial charge in [0.15, 0.2) is 0 Å². The third-order valence-electron chi connectivity index (χ3n) is 2.82. The smallest absolute Gasteiger partial charge is 0.310 e. The minimum atomic E-state index is -0.799. The number of aliphatic carboxylic acids is 1.